The highest BCUT2D eigenvalue weighted by Gasteiger charge is 2.31. The van der Waals surface area contributed by atoms with E-state index in [0.717, 1.165) is 5.56 Å². The van der Waals surface area contributed by atoms with E-state index < -0.39 is 5.41 Å². The van der Waals surface area contributed by atoms with Gasteiger partial charge in [-0.1, -0.05) is 43.1 Å². The third-order valence-corrected chi connectivity index (χ3v) is 4.32. The first-order chi connectivity index (χ1) is 9.81. The summed E-state index contributed by atoms with van der Waals surface area (Å²) in [4.78, 5) is 23.2. The van der Waals surface area contributed by atoms with Gasteiger partial charge in [0.2, 0.25) is 11.8 Å². The first-order valence-electron chi connectivity index (χ1n) is 6.80. The van der Waals surface area contributed by atoms with Crippen molar-refractivity contribution >= 4 is 35.0 Å². The summed E-state index contributed by atoms with van der Waals surface area (Å²) >= 11 is 12.4. The molecule has 0 saturated carbocycles. The van der Waals surface area contributed by atoms with E-state index >= 15 is 0 Å². The molecule has 4 nitrogen and oxygen atoms in total. The van der Waals surface area contributed by atoms with E-state index in [2.05, 4.69) is 10.6 Å². The molecule has 2 N–H and O–H groups in total. The lowest BCUT2D eigenvalue weighted by Crippen LogP contribution is -2.40. The summed E-state index contributed by atoms with van der Waals surface area (Å²) in [6.07, 6.45) is 0.249. The topological polar surface area (TPSA) is 58.2 Å². The Morgan fingerprint density at radius 1 is 1.38 bits per heavy atom. The van der Waals surface area contributed by atoms with Gasteiger partial charge in [0.25, 0.3) is 0 Å². The van der Waals surface area contributed by atoms with Crippen LogP contribution < -0.4 is 10.6 Å². The Hall–Kier alpha value is -1.26. The van der Waals surface area contributed by atoms with Crippen molar-refractivity contribution in [3.05, 3.63) is 33.8 Å². The van der Waals surface area contributed by atoms with Gasteiger partial charge in [0, 0.05) is 35.0 Å². The van der Waals surface area contributed by atoms with Crippen LogP contribution >= 0.6 is 23.2 Å². The van der Waals surface area contributed by atoms with E-state index in [1.165, 1.54) is 0 Å². The van der Waals surface area contributed by atoms with Crippen LogP contribution in [-0.2, 0) is 15.0 Å². The Kier molecular flexibility index (Phi) is 4.79. The molecule has 1 heterocycles. The van der Waals surface area contributed by atoms with Gasteiger partial charge in [-0.15, -0.1) is 0 Å². The van der Waals surface area contributed by atoms with Crippen LogP contribution in [0.25, 0.3) is 0 Å². The van der Waals surface area contributed by atoms with Crippen molar-refractivity contribution in [2.75, 3.05) is 13.1 Å². The molecule has 2 rings (SSSR count). The number of rotatable bonds is 4. The predicted molar refractivity (Wildman–Crippen MR) is 83.6 cm³/mol. The number of amides is 2. The minimum Gasteiger partial charge on any atom is -0.355 e. The zero-order chi connectivity index (χ0) is 15.6. The molecule has 1 atom stereocenters. The Morgan fingerprint density at radius 3 is 2.52 bits per heavy atom. The standard InChI is InChI=1S/C15H18Cl2N2O2/c1-15(2,13-10(16)4-3-5-11(13)17)8-19-14(21)9-6-12(20)18-7-9/h3-5,9H,6-8H2,1-2H3,(H,18,20)(H,19,21). The number of benzene rings is 1. The number of carbonyl (C=O) groups excluding carboxylic acids is 2. The number of carbonyl (C=O) groups is 2. The van der Waals surface area contributed by atoms with E-state index in [0.29, 0.717) is 23.1 Å². The zero-order valence-corrected chi connectivity index (χ0v) is 13.5. The maximum atomic E-state index is 12.1. The molecule has 0 bridgehead atoms. The molecule has 1 fully saturated rings. The number of hydrogen-bond donors (Lipinski definition) is 2. The van der Waals surface area contributed by atoms with Gasteiger partial charge in [0.1, 0.15) is 0 Å². The highest BCUT2D eigenvalue weighted by atomic mass is 35.5. The second-order valence-electron chi connectivity index (χ2n) is 5.90. The SMILES string of the molecule is CC(C)(CNC(=O)C1CNC(=O)C1)c1c(Cl)cccc1Cl. The molecule has 1 aliphatic rings. The average molecular weight is 329 g/mol. The minimum atomic E-state index is -0.402. The lowest BCUT2D eigenvalue weighted by atomic mass is 9.84. The summed E-state index contributed by atoms with van der Waals surface area (Å²) in [6, 6.07) is 5.36. The van der Waals surface area contributed by atoms with Crippen LogP contribution in [0.5, 0.6) is 0 Å². The smallest absolute Gasteiger partial charge is 0.225 e. The third kappa shape index (κ3) is 3.69. The van der Waals surface area contributed by atoms with Gasteiger partial charge in [-0.2, -0.15) is 0 Å². The Morgan fingerprint density at radius 2 is 2.00 bits per heavy atom. The monoisotopic (exact) mass is 328 g/mol. The second kappa shape index (κ2) is 6.24. The molecular formula is C15H18Cl2N2O2. The quantitative estimate of drug-likeness (QED) is 0.892. The van der Waals surface area contributed by atoms with Crippen molar-refractivity contribution in [3.8, 4) is 0 Å². The van der Waals surface area contributed by atoms with Crippen LogP contribution in [0.2, 0.25) is 10.0 Å². The molecule has 0 spiro atoms. The second-order valence-corrected chi connectivity index (χ2v) is 6.72. The molecule has 114 valence electrons. The number of nitrogens with one attached hydrogen (secondary N) is 2. The minimum absolute atomic E-state index is 0.0800. The normalized spacial score (nSPS) is 18.5. The van der Waals surface area contributed by atoms with Gasteiger partial charge in [-0.05, 0) is 17.7 Å². The highest BCUT2D eigenvalue weighted by molar-refractivity contribution is 6.36. The molecular weight excluding hydrogens is 311 g/mol. The molecule has 0 aliphatic carbocycles. The fourth-order valence-corrected chi connectivity index (χ4v) is 3.38. The number of hydrogen-bond acceptors (Lipinski definition) is 2. The van der Waals surface area contributed by atoms with Crippen LogP contribution in [0.3, 0.4) is 0 Å². The average Bonchev–Trinajstić information content (AvgIpc) is 2.82. The molecule has 1 unspecified atom stereocenters. The van der Waals surface area contributed by atoms with Crippen LogP contribution in [0.15, 0.2) is 18.2 Å². The highest BCUT2D eigenvalue weighted by Crippen LogP contribution is 2.35. The van der Waals surface area contributed by atoms with Gasteiger partial charge in [-0.25, -0.2) is 0 Å². The van der Waals surface area contributed by atoms with Crippen molar-refractivity contribution in [1.82, 2.24) is 10.6 Å². The fraction of sp³-hybridized carbons (Fsp3) is 0.467. The summed E-state index contributed by atoms with van der Waals surface area (Å²) in [5.41, 5.74) is 0.412. The Balaban J connectivity index is 2.04. The van der Waals surface area contributed by atoms with Crippen LogP contribution in [-0.4, -0.2) is 24.9 Å². The van der Waals surface area contributed by atoms with E-state index in [1.807, 2.05) is 13.8 Å². The summed E-state index contributed by atoms with van der Waals surface area (Å²) in [6.45, 7) is 4.74. The van der Waals surface area contributed by atoms with Crippen molar-refractivity contribution in [3.63, 3.8) is 0 Å². The van der Waals surface area contributed by atoms with E-state index in [9.17, 15) is 9.59 Å². The first-order valence-corrected chi connectivity index (χ1v) is 7.56. The largest absolute Gasteiger partial charge is 0.355 e. The van der Waals surface area contributed by atoms with Crippen LogP contribution in [0.1, 0.15) is 25.8 Å². The van der Waals surface area contributed by atoms with E-state index in [1.54, 1.807) is 18.2 Å². The molecule has 6 heteroatoms. The third-order valence-electron chi connectivity index (χ3n) is 3.69. The lowest BCUT2D eigenvalue weighted by molar-refractivity contribution is -0.126. The zero-order valence-electron chi connectivity index (χ0n) is 12.0. The van der Waals surface area contributed by atoms with Crippen molar-refractivity contribution in [1.29, 1.82) is 0 Å². The number of halogens is 2. The maximum absolute atomic E-state index is 12.1. The van der Waals surface area contributed by atoms with E-state index in [4.69, 9.17) is 23.2 Å². The van der Waals surface area contributed by atoms with Gasteiger partial charge in [-0.3, -0.25) is 9.59 Å². The predicted octanol–water partition coefficient (Wildman–Crippen LogP) is 2.52. The molecule has 0 aromatic heterocycles. The van der Waals surface area contributed by atoms with Gasteiger partial charge in [0.05, 0.1) is 5.92 Å². The maximum Gasteiger partial charge on any atom is 0.225 e. The van der Waals surface area contributed by atoms with Gasteiger partial charge in [0.15, 0.2) is 0 Å². The summed E-state index contributed by atoms with van der Waals surface area (Å²) < 4.78 is 0. The summed E-state index contributed by atoms with van der Waals surface area (Å²) in [7, 11) is 0. The molecule has 1 aromatic rings. The summed E-state index contributed by atoms with van der Waals surface area (Å²) in [5.74, 6) is -0.497. The first kappa shape index (κ1) is 16.1. The Labute approximate surface area is 134 Å². The Bertz CT molecular complexity index is 553. The van der Waals surface area contributed by atoms with Crippen LogP contribution in [0.4, 0.5) is 0 Å². The molecule has 1 saturated heterocycles. The molecule has 1 aliphatic heterocycles. The van der Waals surface area contributed by atoms with Crippen molar-refractivity contribution < 1.29 is 9.59 Å². The molecule has 0 radical (unpaired) electrons. The van der Waals surface area contributed by atoms with E-state index in [-0.39, 0.29) is 24.2 Å². The fourth-order valence-electron chi connectivity index (χ4n) is 2.48. The van der Waals surface area contributed by atoms with Crippen LogP contribution in [0, 0.1) is 5.92 Å². The molecule has 21 heavy (non-hydrogen) atoms. The molecule has 1 aromatic carbocycles. The van der Waals surface area contributed by atoms with Gasteiger partial charge < -0.3 is 10.6 Å². The van der Waals surface area contributed by atoms with Gasteiger partial charge >= 0.3 is 0 Å². The van der Waals surface area contributed by atoms with Crippen molar-refractivity contribution in [2.45, 2.75) is 25.7 Å². The molecule has 2 amide bonds. The van der Waals surface area contributed by atoms with Crippen molar-refractivity contribution in [2.24, 2.45) is 5.92 Å². The summed E-state index contributed by atoms with van der Waals surface area (Å²) in [5, 5.41) is 6.71. The lowest BCUT2D eigenvalue weighted by Gasteiger charge is -2.28.